The van der Waals surface area contributed by atoms with Gasteiger partial charge in [-0.3, -0.25) is 9.80 Å². The molecule has 4 saturated heterocycles. The number of carbonyl (C=O) groups is 4. The SMILES string of the molecule is CC=C(C)C(=O)OC1CC2CC(OC(=O)C(C)=CC(=O)OC3CC4CC(OC(=O)C(C)=CC)C(C3)N4C)C(C1)N2C. The van der Waals surface area contributed by atoms with E-state index < -0.39 is 11.9 Å². The number of fused-ring (bicyclic) bond motifs is 4. The maximum atomic E-state index is 12.9. The normalized spacial score (nSPS) is 34.3. The lowest BCUT2D eigenvalue weighted by Crippen LogP contribution is -2.46. The van der Waals surface area contributed by atoms with E-state index in [1.807, 2.05) is 14.1 Å². The van der Waals surface area contributed by atoms with E-state index in [0.717, 1.165) is 0 Å². The van der Waals surface area contributed by atoms with Crippen molar-refractivity contribution in [3.63, 3.8) is 0 Å². The molecule has 4 bridgehead atoms. The third kappa shape index (κ3) is 6.92. The molecule has 226 valence electrons. The van der Waals surface area contributed by atoms with Crippen LogP contribution in [0.4, 0.5) is 0 Å². The summed E-state index contributed by atoms with van der Waals surface area (Å²) in [6.07, 6.45) is 7.34. The molecule has 10 heteroatoms. The highest BCUT2D eigenvalue weighted by Crippen LogP contribution is 2.39. The number of hydrogen-bond acceptors (Lipinski definition) is 10. The Morgan fingerprint density at radius 2 is 1.00 bits per heavy atom. The maximum absolute atomic E-state index is 12.9. The Morgan fingerprint density at radius 3 is 1.46 bits per heavy atom. The topological polar surface area (TPSA) is 112 Å². The molecule has 8 atom stereocenters. The molecule has 4 fully saturated rings. The lowest BCUT2D eigenvalue weighted by molar-refractivity contribution is -0.152. The van der Waals surface area contributed by atoms with Gasteiger partial charge in [0, 0.05) is 73.4 Å². The van der Waals surface area contributed by atoms with E-state index in [4.69, 9.17) is 18.9 Å². The molecule has 0 spiro atoms. The van der Waals surface area contributed by atoms with Crippen molar-refractivity contribution in [2.45, 2.75) is 122 Å². The molecule has 0 aromatic heterocycles. The van der Waals surface area contributed by atoms with E-state index in [2.05, 4.69) is 9.80 Å². The van der Waals surface area contributed by atoms with Crippen LogP contribution in [0.3, 0.4) is 0 Å². The summed E-state index contributed by atoms with van der Waals surface area (Å²) in [7, 11) is 4.01. The number of ether oxygens (including phenoxy) is 4. The molecule has 4 rings (SSSR count). The second kappa shape index (κ2) is 12.9. The van der Waals surface area contributed by atoms with Crippen LogP contribution >= 0.6 is 0 Å². The van der Waals surface area contributed by atoms with E-state index in [1.165, 1.54) is 6.08 Å². The Balaban J connectivity index is 1.29. The fraction of sp³-hybridized carbons (Fsp3) is 0.677. The Kier molecular flexibility index (Phi) is 9.74. The molecule has 0 N–H and O–H groups in total. The number of hydrogen-bond donors (Lipinski definition) is 0. The van der Waals surface area contributed by atoms with Crippen LogP contribution in [-0.4, -0.2) is 96.4 Å². The number of likely N-dealkylation sites (N-methyl/N-ethyl adjacent to an activating group) is 2. The Bertz CT molecular complexity index is 1140. The summed E-state index contributed by atoms with van der Waals surface area (Å²) in [5.74, 6) is -1.77. The van der Waals surface area contributed by atoms with Crippen molar-refractivity contribution in [1.82, 2.24) is 9.80 Å². The summed E-state index contributed by atoms with van der Waals surface area (Å²) in [4.78, 5) is 54.6. The second-order valence-electron chi connectivity index (χ2n) is 11.9. The molecular weight excluding hydrogens is 528 g/mol. The standard InChI is InChI=1S/C31H44N2O8/c1-8-17(3)29(35)39-23-12-21-14-27(25(16-23)33(21)7)41-31(37)19(5)10-28(34)38-22-11-20-13-26(24(15-22)32(20)6)40-30(36)18(4)9-2/h8-10,20-27H,11-16H2,1-7H3. The quantitative estimate of drug-likeness (QED) is 0.244. The zero-order valence-corrected chi connectivity index (χ0v) is 25.3. The Hall–Kier alpha value is -2.98. The van der Waals surface area contributed by atoms with Gasteiger partial charge in [-0.15, -0.1) is 0 Å². The highest BCUT2D eigenvalue weighted by molar-refractivity contribution is 5.96. The van der Waals surface area contributed by atoms with Gasteiger partial charge in [-0.05, 0) is 48.7 Å². The van der Waals surface area contributed by atoms with Crippen LogP contribution in [0.25, 0.3) is 0 Å². The van der Waals surface area contributed by atoms with Gasteiger partial charge in [0.15, 0.2) is 0 Å². The number of carbonyl (C=O) groups excluding carboxylic acids is 4. The van der Waals surface area contributed by atoms with E-state index in [9.17, 15) is 19.2 Å². The second-order valence-corrected chi connectivity index (χ2v) is 11.9. The molecule has 0 radical (unpaired) electrons. The van der Waals surface area contributed by atoms with Crippen LogP contribution in [-0.2, 0) is 38.1 Å². The van der Waals surface area contributed by atoms with E-state index >= 15 is 0 Å². The first-order valence-corrected chi connectivity index (χ1v) is 14.6. The minimum atomic E-state index is -0.583. The molecule has 4 heterocycles. The van der Waals surface area contributed by atoms with Gasteiger partial charge < -0.3 is 18.9 Å². The third-order valence-corrected chi connectivity index (χ3v) is 9.38. The summed E-state index contributed by atoms with van der Waals surface area (Å²) in [6, 6.07) is 0.205. The van der Waals surface area contributed by atoms with Crippen molar-refractivity contribution >= 4 is 23.9 Å². The summed E-state index contributed by atoms with van der Waals surface area (Å²) in [5, 5.41) is 0. The highest BCUT2D eigenvalue weighted by atomic mass is 16.6. The highest BCUT2D eigenvalue weighted by Gasteiger charge is 2.49. The molecule has 0 saturated carbocycles. The first-order valence-electron chi connectivity index (χ1n) is 14.6. The average Bonchev–Trinajstić information content (AvgIpc) is 3.19. The monoisotopic (exact) mass is 572 g/mol. The van der Waals surface area contributed by atoms with E-state index in [1.54, 1.807) is 46.8 Å². The number of piperidine rings is 2. The number of allylic oxidation sites excluding steroid dienone is 2. The van der Waals surface area contributed by atoms with Crippen molar-refractivity contribution in [1.29, 1.82) is 0 Å². The molecule has 10 nitrogen and oxygen atoms in total. The van der Waals surface area contributed by atoms with E-state index in [-0.39, 0.29) is 66.1 Å². The largest absolute Gasteiger partial charge is 0.459 e. The van der Waals surface area contributed by atoms with Crippen molar-refractivity contribution < 1.29 is 38.1 Å². The van der Waals surface area contributed by atoms with Gasteiger partial charge >= 0.3 is 23.9 Å². The average molecular weight is 573 g/mol. The Labute approximate surface area is 242 Å². The summed E-state index contributed by atoms with van der Waals surface area (Å²) < 4.78 is 23.0. The van der Waals surface area contributed by atoms with Gasteiger partial charge in [0.05, 0.1) is 12.1 Å². The van der Waals surface area contributed by atoms with Crippen LogP contribution in [0.15, 0.2) is 34.9 Å². The number of rotatable bonds is 8. The number of esters is 4. The fourth-order valence-electron chi connectivity index (χ4n) is 6.57. The minimum absolute atomic E-state index is 0.0288. The molecular formula is C31H44N2O8. The summed E-state index contributed by atoms with van der Waals surface area (Å²) in [6.45, 7) is 8.62. The van der Waals surface area contributed by atoms with Crippen LogP contribution in [0.1, 0.15) is 73.1 Å². The van der Waals surface area contributed by atoms with Gasteiger partial charge in [0.2, 0.25) is 0 Å². The molecule has 8 unspecified atom stereocenters. The number of nitrogens with zero attached hydrogens (tertiary/aromatic N) is 2. The van der Waals surface area contributed by atoms with Crippen molar-refractivity contribution in [3.05, 3.63) is 34.9 Å². The smallest absolute Gasteiger partial charge is 0.334 e. The minimum Gasteiger partial charge on any atom is -0.459 e. The van der Waals surface area contributed by atoms with Gasteiger partial charge in [0.25, 0.3) is 0 Å². The fourth-order valence-corrected chi connectivity index (χ4v) is 6.57. The predicted molar refractivity (Wildman–Crippen MR) is 151 cm³/mol. The van der Waals surface area contributed by atoms with Crippen LogP contribution in [0.5, 0.6) is 0 Å². The Morgan fingerprint density at radius 1 is 0.585 bits per heavy atom. The molecule has 0 aliphatic carbocycles. The van der Waals surface area contributed by atoms with Crippen LogP contribution in [0.2, 0.25) is 0 Å². The first-order chi connectivity index (χ1) is 19.4. The molecule has 0 aromatic rings. The van der Waals surface area contributed by atoms with Crippen molar-refractivity contribution in [3.8, 4) is 0 Å². The third-order valence-electron chi connectivity index (χ3n) is 9.38. The van der Waals surface area contributed by atoms with Crippen LogP contribution < -0.4 is 0 Å². The predicted octanol–water partition coefficient (Wildman–Crippen LogP) is 3.25. The summed E-state index contributed by atoms with van der Waals surface area (Å²) in [5.41, 5.74) is 1.32. The van der Waals surface area contributed by atoms with E-state index in [0.29, 0.717) is 49.7 Å². The molecule has 4 aliphatic heterocycles. The van der Waals surface area contributed by atoms with Gasteiger partial charge in [-0.2, -0.15) is 0 Å². The molecule has 0 amide bonds. The van der Waals surface area contributed by atoms with Crippen molar-refractivity contribution in [2.24, 2.45) is 0 Å². The zero-order chi connectivity index (χ0) is 30.0. The summed E-state index contributed by atoms with van der Waals surface area (Å²) >= 11 is 0. The molecule has 41 heavy (non-hydrogen) atoms. The van der Waals surface area contributed by atoms with Gasteiger partial charge in [-0.25, -0.2) is 19.2 Å². The van der Waals surface area contributed by atoms with Gasteiger partial charge in [-0.1, -0.05) is 12.2 Å². The van der Waals surface area contributed by atoms with Gasteiger partial charge in [0.1, 0.15) is 24.4 Å². The molecule has 4 aliphatic rings. The molecule has 0 aromatic carbocycles. The van der Waals surface area contributed by atoms with Crippen LogP contribution in [0, 0.1) is 0 Å². The lowest BCUT2D eigenvalue weighted by atomic mass is 10.00. The lowest BCUT2D eigenvalue weighted by Gasteiger charge is -2.36. The first kappa shape index (κ1) is 31.0. The zero-order valence-electron chi connectivity index (χ0n) is 25.3. The maximum Gasteiger partial charge on any atom is 0.334 e. The van der Waals surface area contributed by atoms with Crippen molar-refractivity contribution in [2.75, 3.05) is 14.1 Å².